The summed E-state index contributed by atoms with van der Waals surface area (Å²) >= 11 is 0. The van der Waals surface area contributed by atoms with Crippen LogP contribution < -0.4 is 4.74 Å². The van der Waals surface area contributed by atoms with Gasteiger partial charge in [0.25, 0.3) is 0 Å². The minimum absolute atomic E-state index is 0.00574. The maximum atomic E-state index is 12.3. The molecule has 0 unspecified atom stereocenters. The number of fused-ring (bicyclic) bond motifs is 2. The summed E-state index contributed by atoms with van der Waals surface area (Å²) in [7, 11) is 0. The molecular weight excluding hydrogens is 310 g/mol. The Kier molecular flexibility index (Phi) is 5.03. The van der Waals surface area contributed by atoms with Gasteiger partial charge in [0.05, 0.1) is 0 Å². The van der Waals surface area contributed by atoms with Gasteiger partial charge in [0.2, 0.25) is 0 Å². The average Bonchev–Trinajstić information content (AvgIpc) is 2.75. The predicted octanol–water partition coefficient (Wildman–Crippen LogP) is 6.61. The molecule has 0 N–H and O–H groups in total. The van der Waals surface area contributed by atoms with E-state index in [9.17, 15) is 4.91 Å². The molecule has 0 saturated carbocycles. The van der Waals surface area contributed by atoms with Crippen LogP contribution in [0.25, 0.3) is 0 Å². The fraction of sp³-hybridized carbons (Fsp3) is 0.364. The van der Waals surface area contributed by atoms with Crippen LogP contribution in [0.15, 0.2) is 59.8 Å². The summed E-state index contributed by atoms with van der Waals surface area (Å²) in [5.74, 6) is 1.61. The van der Waals surface area contributed by atoms with Crippen LogP contribution >= 0.6 is 0 Å². The molecular formula is C22H25NO2. The molecule has 1 aliphatic heterocycles. The molecule has 0 bridgehead atoms. The molecule has 1 aliphatic rings. The Morgan fingerprint density at radius 2 is 2.00 bits per heavy atom. The van der Waals surface area contributed by atoms with E-state index >= 15 is 0 Å². The lowest BCUT2D eigenvalue weighted by molar-refractivity contribution is 0.324. The highest BCUT2D eigenvalue weighted by Crippen LogP contribution is 2.54. The zero-order valence-corrected chi connectivity index (χ0v) is 15.2. The van der Waals surface area contributed by atoms with Gasteiger partial charge in [-0.05, 0) is 44.7 Å². The van der Waals surface area contributed by atoms with Crippen LogP contribution in [0.3, 0.4) is 0 Å². The Bertz CT molecular complexity index is 796. The van der Waals surface area contributed by atoms with Gasteiger partial charge in [-0.1, -0.05) is 60.7 Å². The molecule has 25 heavy (non-hydrogen) atoms. The monoisotopic (exact) mass is 335 g/mol. The molecule has 0 fully saturated rings. The number of hydrogen-bond donors (Lipinski definition) is 0. The Labute approximate surface area is 149 Å². The smallest absolute Gasteiger partial charge is 0.138 e. The summed E-state index contributed by atoms with van der Waals surface area (Å²) in [6, 6.07) is 14.0. The van der Waals surface area contributed by atoms with Crippen molar-refractivity contribution in [2.75, 3.05) is 0 Å². The molecule has 3 rings (SSSR count). The molecule has 130 valence electrons. The van der Waals surface area contributed by atoms with Crippen molar-refractivity contribution in [3.63, 3.8) is 0 Å². The molecule has 0 radical (unpaired) electrons. The van der Waals surface area contributed by atoms with Crippen LogP contribution in [0, 0.1) is 11.8 Å². The lowest BCUT2D eigenvalue weighted by atomic mass is 9.71. The third-order valence-electron chi connectivity index (χ3n) is 5.26. The van der Waals surface area contributed by atoms with E-state index < -0.39 is 5.54 Å². The van der Waals surface area contributed by atoms with Gasteiger partial charge in [0.1, 0.15) is 17.0 Å². The third kappa shape index (κ3) is 2.88. The summed E-state index contributed by atoms with van der Waals surface area (Å²) in [4.78, 5) is 12.3. The number of nitroso groups, excluding NO2 is 1. The summed E-state index contributed by atoms with van der Waals surface area (Å²) in [5, 5.41) is 3.77. The highest BCUT2D eigenvalue weighted by molar-refractivity contribution is 5.54. The maximum absolute atomic E-state index is 12.3. The maximum Gasteiger partial charge on any atom is 0.138 e. The van der Waals surface area contributed by atoms with Crippen molar-refractivity contribution in [3.8, 4) is 11.5 Å². The Morgan fingerprint density at radius 1 is 1.20 bits per heavy atom. The van der Waals surface area contributed by atoms with Crippen molar-refractivity contribution in [2.45, 2.75) is 51.5 Å². The zero-order chi connectivity index (χ0) is 17.9. The lowest BCUT2D eigenvalue weighted by Crippen LogP contribution is -2.30. The summed E-state index contributed by atoms with van der Waals surface area (Å²) in [6.45, 7) is 6.18. The first-order chi connectivity index (χ1) is 12.2. The number of rotatable bonds is 5. The fourth-order valence-corrected chi connectivity index (χ4v) is 4.05. The summed E-state index contributed by atoms with van der Waals surface area (Å²) in [5.41, 5.74) is 2.25. The summed E-state index contributed by atoms with van der Waals surface area (Å²) < 4.78 is 6.31. The minimum atomic E-state index is -0.816. The standard InChI is InChI=1S/C22H25NO2/c1-4-6-9-15-22(23-24)18(5-2)17-12-10-11-16(3)21(17)25-20-14-8-7-13-19(20)22/h4,6-8,10-14,18H,5,9,15H2,1-3H3/b6-4+/t18-,22+/m0/s1. The van der Waals surface area contributed by atoms with Gasteiger partial charge in [-0.25, -0.2) is 0 Å². The second-order valence-corrected chi connectivity index (χ2v) is 6.68. The van der Waals surface area contributed by atoms with Crippen molar-refractivity contribution in [3.05, 3.63) is 76.2 Å². The number of hydrogen-bond acceptors (Lipinski definition) is 3. The van der Waals surface area contributed by atoms with Crippen molar-refractivity contribution in [1.82, 2.24) is 0 Å². The van der Waals surface area contributed by atoms with Gasteiger partial charge in [0.15, 0.2) is 0 Å². The van der Waals surface area contributed by atoms with E-state index in [1.54, 1.807) is 0 Å². The fourth-order valence-electron chi connectivity index (χ4n) is 4.05. The summed E-state index contributed by atoms with van der Waals surface area (Å²) in [6.07, 6.45) is 6.44. The van der Waals surface area contributed by atoms with Crippen LogP contribution in [0.2, 0.25) is 0 Å². The third-order valence-corrected chi connectivity index (χ3v) is 5.26. The minimum Gasteiger partial charge on any atom is -0.456 e. The SMILES string of the molecule is C/C=C/CC[C@]1(N=O)c2ccccc2Oc2c(C)cccc2[C@@H]1CC. The van der Waals surface area contributed by atoms with E-state index in [4.69, 9.17) is 4.74 Å². The van der Waals surface area contributed by atoms with Crippen molar-refractivity contribution in [1.29, 1.82) is 0 Å². The molecule has 0 aliphatic carbocycles. The van der Waals surface area contributed by atoms with Gasteiger partial charge in [-0.15, -0.1) is 4.91 Å². The van der Waals surface area contributed by atoms with Gasteiger partial charge in [-0.2, -0.15) is 0 Å². The van der Waals surface area contributed by atoms with Gasteiger partial charge >= 0.3 is 0 Å². The zero-order valence-electron chi connectivity index (χ0n) is 15.2. The molecule has 2 aromatic rings. The van der Waals surface area contributed by atoms with Crippen LogP contribution in [-0.4, -0.2) is 0 Å². The average molecular weight is 335 g/mol. The number of allylic oxidation sites excluding steroid dienone is 2. The first-order valence-electron chi connectivity index (χ1n) is 9.00. The van der Waals surface area contributed by atoms with Crippen molar-refractivity contribution < 1.29 is 4.74 Å². The molecule has 3 heteroatoms. The van der Waals surface area contributed by atoms with E-state index in [-0.39, 0.29) is 5.92 Å². The highest BCUT2D eigenvalue weighted by atomic mass is 16.5. The molecule has 0 amide bonds. The Morgan fingerprint density at radius 3 is 2.72 bits per heavy atom. The van der Waals surface area contributed by atoms with Crippen molar-refractivity contribution in [2.24, 2.45) is 5.18 Å². The lowest BCUT2D eigenvalue weighted by Gasteiger charge is -2.33. The van der Waals surface area contributed by atoms with E-state index in [0.29, 0.717) is 6.42 Å². The molecule has 0 spiro atoms. The Balaban J connectivity index is 2.28. The van der Waals surface area contributed by atoms with Gasteiger partial charge < -0.3 is 4.74 Å². The number of para-hydroxylation sites is 2. The van der Waals surface area contributed by atoms with Gasteiger partial charge in [0, 0.05) is 17.0 Å². The highest BCUT2D eigenvalue weighted by Gasteiger charge is 2.46. The molecule has 2 aromatic carbocycles. The molecule has 0 aromatic heterocycles. The van der Waals surface area contributed by atoms with Crippen LogP contribution in [0.4, 0.5) is 0 Å². The van der Waals surface area contributed by atoms with E-state index in [0.717, 1.165) is 41.0 Å². The van der Waals surface area contributed by atoms with Crippen molar-refractivity contribution >= 4 is 0 Å². The normalized spacial score (nSPS) is 22.0. The van der Waals surface area contributed by atoms with Crippen LogP contribution in [-0.2, 0) is 5.54 Å². The topological polar surface area (TPSA) is 38.7 Å². The second kappa shape index (κ2) is 7.22. The number of benzene rings is 2. The largest absolute Gasteiger partial charge is 0.456 e. The van der Waals surface area contributed by atoms with E-state index in [2.05, 4.69) is 37.2 Å². The Hall–Kier alpha value is -2.42. The van der Waals surface area contributed by atoms with Gasteiger partial charge in [-0.3, -0.25) is 0 Å². The molecule has 2 atom stereocenters. The first kappa shape index (κ1) is 17.4. The quantitative estimate of drug-likeness (QED) is 0.455. The second-order valence-electron chi connectivity index (χ2n) is 6.68. The predicted molar refractivity (Wildman–Crippen MR) is 102 cm³/mol. The number of nitrogens with zero attached hydrogens (tertiary/aromatic N) is 1. The first-order valence-corrected chi connectivity index (χ1v) is 9.00. The van der Waals surface area contributed by atoms with Crippen LogP contribution in [0.5, 0.6) is 11.5 Å². The van der Waals surface area contributed by atoms with Crippen LogP contribution in [0.1, 0.15) is 55.7 Å². The molecule has 0 saturated heterocycles. The van der Waals surface area contributed by atoms with E-state index in [1.807, 2.05) is 43.3 Å². The number of aryl methyl sites for hydroxylation is 1. The van der Waals surface area contributed by atoms with E-state index in [1.165, 1.54) is 0 Å². The number of ether oxygens (including phenoxy) is 1. The molecule has 1 heterocycles. The molecule has 3 nitrogen and oxygen atoms in total.